The van der Waals surface area contributed by atoms with Crippen molar-refractivity contribution in [3.8, 4) is 11.3 Å². The van der Waals surface area contributed by atoms with Crippen LogP contribution in [0.3, 0.4) is 0 Å². The van der Waals surface area contributed by atoms with E-state index in [-0.39, 0.29) is 40.9 Å². The Hall–Kier alpha value is -2.62. The van der Waals surface area contributed by atoms with Crippen LogP contribution in [-0.2, 0) is 6.18 Å². The Kier molecular flexibility index (Phi) is 4.96. The van der Waals surface area contributed by atoms with E-state index in [1.807, 2.05) is 0 Å². The monoisotopic (exact) mass is 394 g/mol. The molecule has 4 N–H and O–H groups in total. The molecule has 3 heterocycles. The van der Waals surface area contributed by atoms with E-state index in [9.17, 15) is 18.0 Å². The van der Waals surface area contributed by atoms with Crippen molar-refractivity contribution >= 4 is 11.9 Å². The number of nitrogens with zero attached hydrogens (tertiary/aromatic N) is 2. The molecule has 0 aromatic carbocycles. The predicted octanol–water partition coefficient (Wildman–Crippen LogP) is 2.55. The van der Waals surface area contributed by atoms with Crippen LogP contribution in [0.15, 0.2) is 18.5 Å². The van der Waals surface area contributed by atoms with Gasteiger partial charge < -0.3 is 20.9 Å². The van der Waals surface area contributed by atoms with E-state index >= 15 is 0 Å². The maximum Gasteiger partial charge on any atom is 0.419 e. The third-order valence-corrected chi connectivity index (χ3v) is 4.84. The summed E-state index contributed by atoms with van der Waals surface area (Å²) in [5, 5.41) is 9.12. The standard InChI is InChI=1S/C18H21F3N6O/c19-18(20,21)13-9-24-17(26-12-2-1-5-22-8-12)27-15(13)10-6-14(23-7-10)16(28)25-11-3-4-11/h6-7,9,11-12,22-23H,1-5,8H2,(H,25,28)(H,24,26,27)/t12-/m0/s1. The zero-order valence-electron chi connectivity index (χ0n) is 15.1. The second-order valence-electron chi connectivity index (χ2n) is 7.19. The number of carbonyl (C=O) groups excluding carboxylic acids is 1. The molecule has 1 amide bonds. The van der Waals surface area contributed by atoms with Crippen molar-refractivity contribution in [2.45, 2.75) is 43.9 Å². The van der Waals surface area contributed by atoms with Gasteiger partial charge in [0.25, 0.3) is 5.91 Å². The minimum Gasteiger partial charge on any atom is -0.357 e. The van der Waals surface area contributed by atoms with Crippen molar-refractivity contribution in [1.29, 1.82) is 0 Å². The van der Waals surface area contributed by atoms with Gasteiger partial charge in [0.15, 0.2) is 0 Å². The van der Waals surface area contributed by atoms with Crippen molar-refractivity contribution in [3.05, 3.63) is 29.7 Å². The lowest BCUT2D eigenvalue weighted by Crippen LogP contribution is -2.38. The van der Waals surface area contributed by atoms with Crippen molar-refractivity contribution in [1.82, 2.24) is 25.6 Å². The van der Waals surface area contributed by atoms with Gasteiger partial charge in [-0.25, -0.2) is 9.97 Å². The first-order valence-electron chi connectivity index (χ1n) is 9.31. The molecule has 1 aliphatic carbocycles. The number of carbonyl (C=O) groups is 1. The lowest BCUT2D eigenvalue weighted by molar-refractivity contribution is -0.137. The summed E-state index contributed by atoms with van der Waals surface area (Å²) in [7, 11) is 0. The van der Waals surface area contributed by atoms with Gasteiger partial charge in [0.1, 0.15) is 11.3 Å². The van der Waals surface area contributed by atoms with Crippen molar-refractivity contribution < 1.29 is 18.0 Å². The van der Waals surface area contributed by atoms with E-state index in [2.05, 4.69) is 30.9 Å². The summed E-state index contributed by atoms with van der Waals surface area (Å²) < 4.78 is 40.4. The molecule has 0 unspecified atom stereocenters. The molecule has 2 aromatic rings. The van der Waals surface area contributed by atoms with Crippen LogP contribution in [0.25, 0.3) is 11.3 Å². The summed E-state index contributed by atoms with van der Waals surface area (Å²) in [6.45, 7) is 1.63. The van der Waals surface area contributed by atoms with E-state index in [0.29, 0.717) is 6.54 Å². The van der Waals surface area contributed by atoms with E-state index in [4.69, 9.17) is 0 Å². The van der Waals surface area contributed by atoms with Gasteiger partial charge in [-0.3, -0.25) is 4.79 Å². The van der Waals surface area contributed by atoms with Crippen LogP contribution >= 0.6 is 0 Å². The van der Waals surface area contributed by atoms with Gasteiger partial charge in [-0.2, -0.15) is 13.2 Å². The van der Waals surface area contributed by atoms with Crippen LogP contribution in [0, 0.1) is 0 Å². The molecule has 1 saturated heterocycles. The molecule has 7 nitrogen and oxygen atoms in total. The molecular weight excluding hydrogens is 373 g/mol. The highest BCUT2D eigenvalue weighted by atomic mass is 19.4. The summed E-state index contributed by atoms with van der Waals surface area (Å²) in [5.74, 6) is -0.190. The summed E-state index contributed by atoms with van der Waals surface area (Å²) in [4.78, 5) is 22.9. The van der Waals surface area contributed by atoms with Crippen molar-refractivity contribution in [2.24, 2.45) is 0 Å². The van der Waals surface area contributed by atoms with Gasteiger partial charge in [-0.05, 0) is 38.3 Å². The molecule has 0 bridgehead atoms. The smallest absolute Gasteiger partial charge is 0.357 e. The van der Waals surface area contributed by atoms with Crippen molar-refractivity contribution in [2.75, 3.05) is 18.4 Å². The molecular formula is C18H21F3N6O. The number of hydrogen-bond donors (Lipinski definition) is 4. The third-order valence-electron chi connectivity index (χ3n) is 4.84. The normalized spacial score (nSPS) is 20.0. The van der Waals surface area contributed by atoms with E-state index in [1.165, 1.54) is 12.3 Å². The van der Waals surface area contributed by atoms with Gasteiger partial charge >= 0.3 is 6.18 Å². The largest absolute Gasteiger partial charge is 0.419 e. The first-order valence-corrected chi connectivity index (χ1v) is 9.31. The Bertz CT molecular complexity index is 855. The van der Waals surface area contributed by atoms with E-state index in [0.717, 1.165) is 38.4 Å². The van der Waals surface area contributed by atoms with E-state index < -0.39 is 11.7 Å². The Balaban J connectivity index is 1.62. The number of piperidine rings is 1. The Labute approximate surface area is 159 Å². The average molecular weight is 394 g/mol. The number of amides is 1. The summed E-state index contributed by atoms with van der Waals surface area (Å²) in [5.41, 5.74) is -0.788. The number of aromatic amines is 1. The molecule has 2 aliphatic rings. The number of hydrogen-bond acceptors (Lipinski definition) is 5. The first-order chi connectivity index (χ1) is 13.4. The van der Waals surface area contributed by atoms with Crippen LogP contribution in [0.5, 0.6) is 0 Å². The fourth-order valence-electron chi connectivity index (χ4n) is 3.19. The molecule has 4 rings (SSSR count). The second kappa shape index (κ2) is 7.42. The summed E-state index contributed by atoms with van der Waals surface area (Å²) >= 11 is 0. The zero-order valence-corrected chi connectivity index (χ0v) is 15.1. The molecule has 10 heteroatoms. The quantitative estimate of drug-likeness (QED) is 0.625. The Morgan fingerprint density at radius 3 is 2.71 bits per heavy atom. The lowest BCUT2D eigenvalue weighted by atomic mass is 10.1. The van der Waals surface area contributed by atoms with Crippen molar-refractivity contribution in [3.63, 3.8) is 0 Å². The number of rotatable bonds is 5. The highest BCUT2D eigenvalue weighted by Crippen LogP contribution is 2.36. The second-order valence-corrected chi connectivity index (χ2v) is 7.19. The molecule has 2 fully saturated rings. The van der Waals surface area contributed by atoms with Gasteiger partial charge in [-0.15, -0.1) is 0 Å². The Morgan fingerprint density at radius 1 is 1.21 bits per heavy atom. The fourth-order valence-corrected chi connectivity index (χ4v) is 3.19. The maximum atomic E-state index is 13.5. The highest BCUT2D eigenvalue weighted by molar-refractivity contribution is 5.94. The number of nitrogens with one attached hydrogen (secondary N) is 4. The zero-order chi connectivity index (χ0) is 19.7. The lowest BCUT2D eigenvalue weighted by Gasteiger charge is -2.24. The van der Waals surface area contributed by atoms with Crippen LogP contribution in [0.4, 0.5) is 19.1 Å². The van der Waals surface area contributed by atoms with Gasteiger partial charge in [0.2, 0.25) is 5.95 Å². The third kappa shape index (κ3) is 4.27. The molecule has 1 atom stereocenters. The van der Waals surface area contributed by atoms with Gasteiger partial charge in [0, 0.05) is 36.6 Å². The van der Waals surface area contributed by atoms with Gasteiger partial charge in [0.05, 0.1) is 5.69 Å². The minimum atomic E-state index is -4.60. The van der Waals surface area contributed by atoms with Crippen LogP contribution in [-0.4, -0.2) is 46.0 Å². The Morgan fingerprint density at radius 2 is 2.04 bits per heavy atom. The SMILES string of the molecule is O=C(NC1CC1)c1cc(-c2nc(N[C@H]3CCCNC3)ncc2C(F)(F)F)c[nH]1. The van der Waals surface area contributed by atoms with E-state index in [1.54, 1.807) is 0 Å². The van der Waals surface area contributed by atoms with Gasteiger partial charge in [-0.1, -0.05) is 0 Å². The number of anilines is 1. The molecule has 0 spiro atoms. The predicted molar refractivity (Wildman–Crippen MR) is 96.8 cm³/mol. The average Bonchev–Trinajstić information content (AvgIpc) is 3.33. The molecule has 28 heavy (non-hydrogen) atoms. The highest BCUT2D eigenvalue weighted by Gasteiger charge is 2.36. The molecule has 0 radical (unpaired) electrons. The van der Waals surface area contributed by atoms with Crippen LogP contribution in [0.1, 0.15) is 41.7 Å². The number of alkyl halides is 3. The summed E-state index contributed by atoms with van der Waals surface area (Å²) in [6.07, 6.45) is 1.27. The maximum absolute atomic E-state index is 13.5. The molecule has 2 aromatic heterocycles. The summed E-state index contributed by atoms with van der Waals surface area (Å²) in [6, 6.07) is 1.61. The number of H-pyrrole nitrogens is 1. The molecule has 150 valence electrons. The van der Waals surface area contributed by atoms with Crippen LogP contribution in [0.2, 0.25) is 0 Å². The first kappa shape index (κ1) is 18.7. The number of aromatic nitrogens is 3. The number of halogens is 3. The molecule has 1 saturated carbocycles. The topological polar surface area (TPSA) is 94.7 Å². The fraction of sp³-hybridized carbons (Fsp3) is 0.500. The minimum absolute atomic E-state index is 0.0597. The molecule has 1 aliphatic heterocycles. The van der Waals surface area contributed by atoms with Crippen LogP contribution < -0.4 is 16.0 Å².